The number of benzene rings is 2. The highest BCUT2D eigenvalue weighted by atomic mass is 19.1. The van der Waals surface area contributed by atoms with Crippen molar-refractivity contribution in [2.24, 2.45) is 0 Å². The van der Waals surface area contributed by atoms with Gasteiger partial charge in [-0.3, -0.25) is 9.59 Å². The largest absolute Gasteiger partial charge is 0.333 e. The van der Waals surface area contributed by atoms with E-state index in [9.17, 15) is 14.0 Å². The smallest absolute Gasteiger partial charge is 0.263 e. The molecule has 0 radical (unpaired) electrons. The SMILES string of the molecule is Cc1cc(C)cc(NC(=O)Cn2cc(-c3nc(-c4cccc(F)c4)no3)c(=O)c3ccc(C)nc32)c1. The zero-order valence-electron chi connectivity index (χ0n) is 19.9. The summed E-state index contributed by atoms with van der Waals surface area (Å²) in [7, 11) is 0. The highest BCUT2D eigenvalue weighted by Crippen LogP contribution is 2.23. The predicted molar refractivity (Wildman–Crippen MR) is 134 cm³/mol. The van der Waals surface area contributed by atoms with Crippen molar-refractivity contribution in [2.45, 2.75) is 27.3 Å². The van der Waals surface area contributed by atoms with E-state index < -0.39 is 5.82 Å². The van der Waals surface area contributed by atoms with E-state index in [1.54, 1.807) is 29.7 Å². The van der Waals surface area contributed by atoms with Gasteiger partial charge in [0.25, 0.3) is 5.89 Å². The van der Waals surface area contributed by atoms with E-state index in [1.165, 1.54) is 24.4 Å². The Morgan fingerprint density at radius 1 is 1.03 bits per heavy atom. The van der Waals surface area contributed by atoms with Crippen molar-refractivity contribution in [3.63, 3.8) is 0 Å². The second-order valence-electron chi connectivity index (χ2n) is 8.68. The maximum absolute atomic E-state index is 13.6. The fourth-order valence-corrected chi connectivity index (χ4v) is 4.11. The summed E-state index contributed by atoms with van der Waals surface area (Å²) in [5.74, 6) is -0.622. The van der Waals surface area contributed by atoms with Gasteiger partial charge in [-0.25, -0.2) is 9.37 Å². The molecule has 0 spiro atoms. The molecule has 0 aliphatic heterocycles. The van der Waals surface area contributed by atoms with Gasteiger partial charge in [-0.1, -0.05) is 23.4 Å². The van der Waals surface area contributed by atoms with E-state index in [0.29, 0.717) is 28.0 Å². The Labute approximate surface area is 205 Å². The second-order valence-corrected chi connectivity index (χ2v) is 8.68. The first-order valence-electron chi connectivity index (χ1n) is 11.3. The van der Waals surface area contributed by atoms with Crippen LogP contribution in [0.2, 0.25) is 0 Å². The van der Waals surface area contributed by atoms with Crippen molar-refractivity contribution >= 4 is 22.6 Å². The number of nitrogens with zero attached hydrogens (tertiary/aromatic N) is 4. The van der Waals surface area contributed by atoms with Crippen LogP contribution >= 0.6 is 0 Å². The number of nitrogens with one attached hydrogen (secondary N) is 1. The van der Waals surface area contributed by atoms with Crippen molar-refractivity contribution in [1.29, 1.82) is 0 Å². The van der Waals surface area contributed by atoms with E-state index in [0.717, 1.165) is 11.1 Å². The van der Waals surface area contributed by atoms with Gasteiger partial charge in [0, 0.05) is 23.1 Å². The number of aromatic nitrogens is 4. The van der Waals surface area contributed by atoms with Gasteiger partial charge < -0.3 is 14.4 Å². The molecule has 0 saturated heterocycles. The highest BCUT2D eigenvalue weighted by molar-refractivity contribution is 5.92. The van der Waals surface area contributed by atoms with Crippen LogP contribution < -0.4 is 10.7 Å². The van der Waals surface area contributed by atoms with Crippen LogP contribution in [0.4, 0.5) is 10.1 Å². The van der Waals surface area contributed by atoms with Gasteiger partial charge in [0.05, 0.1) is 5.39 Å². The summed E-state index contributed by atoms with van der Waals surface area (Å²) in [5, 5.41) is 7.12. The zero-order chi connectivity index (χ0) is 25.4. The number of hydrogen-bond donors (Lipinski definition) is 1. The van der Waals surface area contributed by atoms with Crippen LogP contribution in [-0.2, 0) is 11.3 Å². The predicted octanol–water partition coefficient (Wildman–Crippen LogP) is 4.82. The summed E-state index contributed by atoms with van der Waals surface area (Å²) in [5.41, 5.74) is 3.97. The average Bonchev–Trinajstić information content (AvgIpc) is 3.30. The zero-order valence-corrected chi connectivity index (χ0v) is 19.9. The summed E-state index contributed by atoms with van der Waals surface area (Å²) in [6.45, 7) is 5.62. The number of halogens is 1. The first kappa shape index (κ1) is 23.1. The van der Waals surface area contributed by atoms with E-state index in [-0.39, 0.29) is 35.2 Å². The van der Waals surface area contributed by atoms with Crippen LogP contribution in [0.1, 0.15) is 16.8 Å². The highest BCUT2D eigenvalue weighted by Gasteiger charge is 2.19. The van der Waals surface area contributed by atoms with E-state index >= 15 is 0 Å². The Morgan fingerprint density at radius 2 is 1.81 bits per heavy atom. The molecule has 8 nitrogen and oxygen atoms in total. The Hall–Kier alpha value is -4.66. The van der Waals surface area contributed by atoms with Crippen LogP contribution in [0.25, 0.3) is 33.9 Å². The summed E-state index contributed by atoms with van der Waals surface area (Å²) < 4.78 is 20.6. The molecule has 0 unspecified atom stereocenters. The van der Waals surface area contributed by atoms with Crippen molar-refractivity contribution in [3.05, 3.63) is 93.7 Å². The van der Waals surface area contributed by atoms with Crippen molar-refractivity contribution in [3.8, 4) is 22.8 Å². The van der Waals surface area contributed by atoms with Crippen LogP contribution in [0.5, 0.6) is 0 Å². The number of fused-ring (bicyclic) bond motifs is 1. The van der Waals surface area contributed by atoms with E-state index in [1.807, 2.05) is 32.0 Å². The number of aryl methyl sites for hydroxylation is 3. The quantitative estimate of drug-likeness (QED) is 0.385. The van der Waals surface area contributed by atoms with E-state index in [2.05, 4.69) is 20.4 Å². The minimum atomic E-state index is -0.442. The topological polar surface area (TPSA) is 103 Å². The second kappa shape index (κ2) is 9.18. The molecule has 0 bridgehead atoms. The van der Waals surface area contributed by atoms with Crippen molar-refractivity contribution in [2.75, 3.05) is 5.32 Å². The Morgan fingerprint density at radius 3 is 2.56 bits per heavy atom. The van der Waals surface area contributed by atoms with Gasteiger partial charge in [0.1, 0.15) is 23.6 Å². The lowest BCUT2D eigenvalue weighted by atomic mass is 10.1. The number of hydrogen-bond acceptors (Lipinski definition) is 6. The van der Waals surface area contributed by atoms with Gasteiger partial charge in [-0.05, 0) is 68.3 Å². The first-order valence-corrected chi connectivity index (χ1v) is 11.3. The average molecular weight is 484 g/mol. The third kappa shape index (κ3) is 4.63. The molecule has 3 aromatic heterocycles. The molecule has 5 rings (SSSR count). The molecule has 0 saturated carbocycles. The molecule has 9 heteroatoms. The van der Waals surface area contributed by atoms with Crippen LogP contribution in [0.15, 0.2) is 70.1 Å². The lowest BCUT2D eigenvalue weighted by Crippen LogP contribution is -2.22. The van der Waals surface area contributed by atoms with Crippen molar-refractivity contribution < 1.29 is 13.7 Å². The van der Waals surface area contributed by atoms with Crippen LogP contribution in [0.3, 0.4) is 0 Å². The molecular formula is C27H22FN5O3. The standard InChI is InChI=1S/C27H22FN5O3/c1-15-9-16(2)11-20(10-15)30-23(34)14-33-13-22(24(35)21-8-7-17(3)29-26(21)33)27-31-25(32-36-27)18-5-4-6-19(28)12-18/h4-13H,14H2,1-3H3,(H,30,34). The summed E-state index contributed by atoms with van der Waals surface area (Å²) in [4.78, 5) is 35.1. The number of rotatable bonds is 5. The monoisotopic (exact) mass is 483 g/mol. The van der Waals surface area contributed by atoms with Gasteiger partial charge >= 0.3 is 0 Å². The fraction of sp³-hybridized carbons (Fsp3) is 0.148. The minimum absolute atomic E-state index is 0.0368. The number of carbonyl (C=O) groups is 1. The normalized spacial score (nSPS) is 11.1. The maximum atomic E-state index is 13.6. The molecule has 5 aromatic rings. The molecule has 2 aromatic carbocycles. The molecule has 1 N–H and O–H groups in total. The molecule has 36 heavy (non-hydrogen) atoms. The maximum Gasteiger partial charge on any atom is 0.263 e. The minimum Gasteiger partial charge on any atom is -0.333 e. The van der Waals surface area contributed by atoms with Gasteiger partial charge in [-0.2, -0.15) is 4.98 Å². The fourth-order valence-electron chi connectivity index (χ4n) is 4.11. The molecule has 0 fully saturated rings. The number of amides is 1. The lowest BCUT2D eigenvalue weighted by Gasteiger charge is -2.13. The van der Waals surface area contributed by atoms with Gasteiger partial charge in [0.15, 0.2) is 0 Å². The molecule has 3 heterocycles. The van der Waals surface area contributed by atoms with Crippen LogP contribution in [-0.4, -0.2) is 25.6 Å². The molecule has 0 atom stereocenters. The lowest BCUT2D eigenvalue weighted by molar-refractivity contribution is -0.116. The Balaban J connectivity index is 1.55. The van der Waals surface area contributed by atoms with E-state index in [4.69, 9.17) is 4.52 Å². The molecule has 180 valence electrons. The van der Waals surface area contributed by atoms with Gasteiger partial charge in [0.2, 0.25) is 17.2 Å². The Kier molecular flexibility index (Phi) is 5.89. The summed E-state index contributed by atoms with van der Waals surface area (Å²) in [6.07, 6.45) is 1.49. The molecule has 0 aliphatic rings. The van der Waals surface area contributed by atoms with Gasteiger partial charge in [-0.15, -0.1) is 0 Å². The van der Waals surface area contributed by atoms with Crippen molar-refractivity contribution in [1.82, 2.24) is 19.7 Å². The molecule has 0 aliphatic carbocycles. The Bertz CT molecular complexity index is 1670. The van der Waals surface area contributed by atoms with Crippen LogP contribution in [0, 0.1) is 26.6 Å². The molecule has 1 amide bonds. The first-order chi connectivity index (χ1) is 17.3. The molecular weight excluding hydrogens is 461 g/mol. The summed E-state index contributed by atoms with van der Waals surface area (Å²) in [6, 6.07) is 14.9. The number of pyridine rings is 2. The summed E-state index contributed by atoms with van der Waals surface area (Å²) >= 11 is 0. The number of carbonyl (C=O) groups excluding carboxylic acids is 1. The third-order valence-electron chi connectivity index (χ3n) is 5.62. The third-order valence-corrected chi connectivity index (χ3v) is 5.62. The number of anilines is 1.